The molecule has 0 radical (unpaired) electrons. The van der Waals surface area contributed by atoms with E-state index in [1.165, 1.54) is 11.1 Å². The topological polar surface area (TPSA) is 60.0 Å². The largest absolute Gasteiger partial charge is 1.00 e. The van der Waals surface area contributed by atoms with Gasteiger partial charge in [-0.2, -0.15) is 0 Å². The van der Waals surface area contributed by atoms with Gasteiger partial charge in [-0.05, 0) is 41.8 Å². The summed E-state index contributed by atoms with van der Waals surface area (Å²) in [7, 11) is 0. The van der Waals surface area contributed by atoms with E-state index >= 15 is 0 Å². The fraction of sp³-hybridized carbons (Fsp3) is 0.538. The zero-order valence-electron chi connectivity index (χ0n) is 20.9. The minimum Gasteiger partial charge on any atom is -0.853 e. The van der Waals surface area contributed by atoms with Gasteiger partial charge in [0.15, 0.2) is 0 Å². The van der Waals surface area contributed by atoms with Crippen LogP contribution in [0.4, 0.5) is 0 Å². The van der Waals surface area contributed by atoms with Crippen molar-refractivity contribution in [2.24, 2.45) is 0 Å². The van der Waals surface area contributed by atoms with Crippen LogP contribution in [0.2, 0.25) is 0 Å². The minimum atomic E-state index is -0.218. The summed E-state index contributed by atoms with van der Waals surface area (Å²) in [6, 6.07) is 16.4. The molecule has 0 N–H and O–H groups in total. The van der Waals surface area contributed by atoms with Crippen LogP contribution < -0.4 is 66.0 Å². The molecule has 2 aromatic carbocycles. The molecule has 0 aliphatic carbocycles. The van der Waals surface area contributed by atoms with Crippen LogP contribution in [0.15, 0.2) is 48.5 Å². The Morgan fingerprint density at radius 2 is 1.12 bits per heavy atom. The van der Waals surface area contributed by atoms with Gasteiger partial charge < -0.3 is 24.1 Å². The number of hydrogen-bond donors (Lipinski definition) is 0. The molecule has 0 spiro atoms. The molecule has 5 nitrogen and oxygen atoms in total. The van der Waals surface area contributed by atoms with E-state index in [9.17, 15) is 5.11 Å². The van der Waals surface area contributed by atoms with E-state index in [1.807, 2.05) is 38.1 Å². The number of alkyl halides is 1. The van der Waals surface area contributed by atoms with Crippen LogP contribution in [-0.2, 0) is 14.9 Å². The molecule has 0 aromatic heterocycles. The van der Waals surface area contributed by atoms with Crippen molar-refractivity contribution in [1.82, 2.24) is 0 Å². The van der Waals surface area contributed by atoms with Crippen LogP contribution in [0.5, 0.6) is 11.5 Å². The van der Waals surface area contributed by atoms with E-state index in [1.54, 1.807) is 0 Å². The van der Waals surface area contributed by atoms with Crippen LogP contribution in [-0.4, -0.2) is 52.1 Å². The Balaban J connectivity index is 0.00000332. The normalized spacial score (nSPS) is 10.6. The van der Waals surface area contributed by atoms with Gasteiger partial charge >= 0.3 is 51.4 Å². The fourth-order valence-corrected chi connectivity index (χ4v) is 3.06. The molecule has 0 bridgehead atoms. The molecule has 0 heterocycles. The Bertz CT molecular complexity index is 708. The Hall–Kier alpha value is -0.154. The predicted molar refractivity (Wildman–Crippen MR) is 129 cm³/mol. The molecule has 33 heavy (non-hydrogen) atoms. The first-order valence-electron chi connectivity index (χ1n) is 11.3. The Labute approximate surface area is 247 Å². The summed E-state index contributed by atoms with van der Waals surface area (Å²) in [5.41, 5.74) is 2.28. The molecule has 0 unspecified atom stereocenters. The monoisotopic (exact) mass is 504 g/mol. The van der Waals surface area contributed by atoms with Crippen molar-refractivity contribution in [3.05, 3.63) is 59.7 Å². The zero-order valence-corrected chi connectivity index (χ0v) is 24.8. The van der Waals surface area contributed by atoms with Crippen molar-refractivity contribution in [3.8, 4) is 11.5 Å². The predicted octanol–water partition coefficient (Wildman–Crippen LogP) is 1.82. The van der Waals surface area contributed by atoms with E-state index < -0.39 is 0 Å². The maximum absolute atomic E-state index is 10.3. The molecule has 180 valence electrons. The van der Waals surface area contributed by atoms with Gasteiger partial charge in [0.05, 0.1) is 26.4 Å². The van der Waals surface area contributed by atoms with Crippen molar-refractivity contribution in [2.75, 3.05) is 52.1 Å². The van der Waals surface area contributed by atoms with E-state index in [0.717, 1.165) is 17.9 Å². The first kappa shape index (κ1) is 32.8. The van der Waals surface area contributed by atoms with Gasteiger partial charge in [0, 0.05) is 17.9 Å². The van der Waals surface area contributed by atoms with Gasteiger partial charge in [-0.3, -0.25) is 0 Å². The molecule has 2 aromatic rings. The quantitative estimate of drug-likeness (QED) is 0.210. The molecule has 2 rings (SSSR count). The Kier molecular flexibility index (Phi) is 20.0. The molecular weight excluding hydrogens is 467 g/mol. The third-order valence-corrected chi connectivity index (χ3v) is 5.06. The zero-order chi connectivity index (χ0) is 23.7. The SMILES string of the molecule is CC.CC(C)(c1ccc(OCCCCl)cc1)c1ccc(OCCOCCOCC[O-])cc1.[K+]. The number of ether oxygens (including phenoxy) is 4. The maximum Gasteiger partial charge on any atom is 1.00 e. The van der Waals surface area contributed by atoms with Gasteiger partial charge in [-0.1, -0.05) is 52.0 Å². The fourth-order valence-electron chi connectivity index (χ4n) is 2.95. The summed E-state index contributed by atoms with van der Waals surface area (Å²) in [4.78, 5) is 0. The molecule has 0 aliphatic heterocycles. The average molecular weight is 505 g/mol. The second-order valence-electron chi connectivity index (χ2n) is 7.34. The number of hydrogen-bond acceptors (Lipinski definition) is 5. The summed E-state index contributed by atoms with van der Waals surface area (Å²) in [6.07, 6.45) is 0.840. The Morgan fingerprint density at radius 3 is 1.58 bits per heavy atom. The molecular formula is C26H38ClKO5. The summed E-state index contributed by atoms with van der Waals surface area (Å²) in [6.45, 7) is 10.9. The second kappa shape index (κ2) is 20.1. The number of benzene rings is 2. The molecule has 0 saturated carbocycles. The summed E-state index contributed by atoms with van der Waals surface area (Å²) < 4.78 is 21.9. The molecule has 7 heteroatoms. The third kappa shape index (κ3) is 12.9. The molecule has 0 aliphatic rings. The second-order valence-corrected chi connectivity index (χ2v) is 7.72. The van der Waals surface area contributed by atoms with Crippen molar-refractivity contribution in [2.45, 2.75) is 39.5 Å². The van der Waals surface area contributed by atoms with Crippen molar-refractivity contribution >= 4 is 11.6 Å². The van der Waals surface area contributed by atoms with Gasteiger partial charge in [-0.25, -0.2) is 0 Å². The van der Waals surface area contributed by atoms with E-state index in [2.05, 4.69) is 38.1 Å². The van der Waals surface area contributed by atoms with E-state index in [4.69, 9.17) is 30.5 Å². The van der Waals surface area contributed by atoms with Crippen molar-refractivity contribution in [3.63, 3.8) is 0 Å². The molecule has 0 atom stereocenters. The first-order valence-corrected chi connectivity index (χ1v) is 11.9. The van der Waals surface area contributed by atoms with Gasteiger partial charge in [0.1, 0.15) is 18.1 Å². The summed E-state index contributed by atoms with van der Waals surface area (Å²) in [5.74, 6) is 2.28. The first-order chi connectivity index (χ1) is 15.6. The third-order valence-electron chi connectivity index (χ3n) is 4.79. The van der Waals surface area contributed by atoms with Crippen LogP contribution in [0, 0.1) is 0 Å². The van der Waals surface area contributed by atoms with Crippen LogP contribution in [0.3, 0.4) is 0 Å². The van der Waals surface area contributed by atoms with Gasteiger partial charge in [0.2, 0.25) is 0 Å². The molecule has 0 saturated heterocycles. The van der Waals surface area contributed by atoms with Gasteiger partial charge in [-0.15, -0.1) is 18.2 Å². The number of rotatable bonds is 15. The molecule has 0 amide bonds. The van der Waals surface area contributed by atoms with E-state index in [-0.39, 0.29) is 70.0 Å². The maximum atomic E-state index is 10.3. The average Bonchev–Trinajstić information content (AvgIpc) is 2.83. The van der Waals surface area contributed by atoms with Crippen molar-refractivity contribution in [1.29, 1.82) is 0 Å². The smallest absolute Gasteiger partial charge is 0.853 e. The Morgan fingerprint density at radius 1 is 0.697 bits per heavy atom. The molecule has 0 fully saturated rings. The minimum absolute atomic E-state index is 0. The van der Waals surface area contributed by atoms with Crippen LogP contribution in [0.25, 0.3) is 0 Å². The van der Waals surface area contributed by atoms with Crippen LogP contribution >= 0.6 is 11.6 Å². The standard InChI is InChI=1S/C24H32ClO5.C2H6.K/c1-24(2,20-4-8-22(9-5-20)29-14-3-12-25)21-6-10-23(11-7-21)30-19-18-28-17-16-27-15-13-26;1-2;/h4-11H,3,12-19H2,1-2H3;1-2H3;/q-1;;+1. The van der Waals surface area contributed by atoms with E-state index in [0.29, 0.717) is 38.9 Å². The van der Waals surface area contributed by atoms with Crippen molar-refractivity contribution < 1.29 is 75.4 Å². The number of halogens is 1. The summed E-state index contributed by atoms with van der Waals surface area (Å²) >= 11 is 5.69. The summed E-state index contributed by atoms with van der Waals surface area (Å²) in [5, 5.41) is 10.3. The van der Waals surface area contributed by atoms with Gasteiger partial charge in [0.25, 0.3) is 0 Å². The van der Waals surface area contributed by atoms with Crippen LogP contribution in [0.1, 0.15) is 45.2 Å².